The molecule has 45 heavy (non-hydrogen) atoms. The van der Waals surface area contributed by atoms with Gasteiger partial charge in [-0.2, -0.15) is 4.31 Å². The van der Waals surface area contributed by atoms with E-state index in [1.807, 2.05) is 30.3 Å². The number of nitrogens with zero attached hydrogens (tertiary/aromatic N) is 1. The normalized spacial score (nSPS) is 29.8. The first-order valence-corrected chi connectivity index (χ1v) is 17.6. The molecule has 246 valence electrons. The minimum Gasteiger partial charge on any atom is -0.445 e. The molecule has 3 unspecified atom stereocenters. The highest BCUT2D eigenvalue weighted by molar-refractivity contribution is 7.89. The fourth-order valence-corrected chi connectivity index (χ4v) is 8.95. The number of amides is 1. The van der Waals surface area contributed by atoms with E-state index in [2.05, 4.69) is 5.32 Å². The molecule has 0 aromatic heterocycles. The lowest BCUT2D eigenvalue weighted by Crippen LogP contribution is -2.51. The van der Waals surface area contributed by atoms with Gasteiger partial charge in [-0.25, -0.2) is 13.2 Å². The van der Waals surface area contributed by atoms with E-state index in [0.717, 1.165) is 37.7 Å². The molecule has 1 aliphatic carbocycles. The van der Waals surface area contributed by atoms with Crippen LogP contribution >= 0.6 is 0 Å². The van der Waals surface area contributed by atoms with Crippen molar-refractivity contribution in [3.8, 4) is 0 Å². The number of benzene rings is 2. The van der Waals surface area contributed by atoms with Crippen LogP contribution in [-0.4, -0.2) is 81.4 Å². The molecule has 3 fully saturated rings. The predicted octanol–water partition coefficient (Wildman–Crippen LogP) is 3.45. The number of aliphatic hydroxyl groups is 1. The van der Waals surface area contributed by atoms with Crippen LogP contribution in [0.4, 0.5) is 10.5 Å². The first kappa shape index (κ1) is 32.2. The van der Waals surface area contributed by atoms with Crippen LogP contribution in [-0.2, 0) is 42.0 Å². The van der Waals surface area contributed by atoms with E-state index in [9.17, 15) is 18.3 Å². The Labute approximate surface area is 265 Å². The molecule has 4 aliphatic rings. The summed E-state index contributed by atoms with van der Waals surface area (Å²) in [5.74, 6) is 0.415. The van der Waals surface area contributed by atoms with Gasteiger partial charge in [-0.3, -0.25) is 0 Å². The molecule has 1 saturated carbocycles. The largest absolute Gasteiger partial charge is 0.445 e. The zero-order valence-electron chi connectivity index (χ0n) is 25.6. The standard InChI is InChI=1S/C33H45N3O8S/c34-25-11-12-30-23(16-25)19-41-14-8-3-1-2-7-13-36(45(30,39)40)18-29(37)28(15-22-9-5-4-6-10-22)35-33(38)44-31-24-17-26-27(31)21-43-32(26)42-20-24/h4-6,9-12,16,24,26-29,31-32,37H,1-3,7-8,13-15,17-21,34H2,(H,35,38)/t24?,26?,27?,28-,29+,31-,32-/m0/s1. The third-order valence-electron chi connectivity index (χ3n) is 9.64. The highest BCUT2D eigenvalue weighted by Gasteiger charge is 2.56. The van der Waals surface area contributed by atoms with E-state index >= 15 is 0 Å². The smallest absolute Gasteiger partial charge is 0.407 e. The lowest BCUT2D eigenvalue weighted by Gasteiger charge is -2.31. The summed E-state index contributed by atoms with van der Waals surface area (Å²) < 4.78 is 53.0. The van der Waals surface area contributed by atoms with Gasteiger partial charge >= 0.3 is 6.09 Å². The minimum atomic E-state index is -4.04. The molecule has 7 atom stereocenters. The van der Waals surface area contributed by atoms with Gasteiger partial charge in [-0.05, 0) is 55.0 Å². The van der Waals surface area contributed by atoms with Crippen LogP contribution in [0.3, 0.4) is 0 Å². The third kappa shape index (κ3) is 7.47. The molecule has 3 heterocycles. The van der Waals surface area contributed by atoms with Crippen LogP contribution < -0.4 is 11.1 Å². The van der Waals surface area contributed by atoms with Gasteiger partial charge in [0.05, 0.1) is 36.9 Å². The van der Waals surface area contributed by atoms with Crippen LogP contribution in [0.5, 0.6) is 0 Å². The van der Waals surface area contributed by atoms with Gasteiger partial charge in [-0.15, -0.1) is 0 Å². The van der Waals surface area contributed by atoms with Crippen LogP contribution in [0.1, 0.15) is 49.7 Å². The first-order valence-electron chi connectivity index (χ1n) is 16.2. The summed E-state index contributed by atoms with van der Waals surface area (Å²) in [5, 5.41) is 14.6. The minimum absolute atomic E-state index is 0.0838. The van der Waals surface area contributed by atoms with E-state index in [0.29, 0.717) is 43.9 Å². The number of ether oxygens (including phenoxy) is 4. The highest BCUT2D eigenvalue weighted by Crippen LogP contribution is 2.49. The van der Waals surface area contributed by atoms with Crippen LogP contribution in [0.25, 0.3) is 0 Å². The molecule has 12 heteroatoms. The number of carbonyl (C=O) groups is 1. The van der Waals surface area contributed by atoms with E-state index in [-0.39, 0.29) is 54.7 Å². The molecule has 11 nitrogen and oxygen atoms in total. The SMILES string of the molecule is Nc1ccc2c(c1)COCCCCCCCN(C[C@@H](O)[C@H](Cc1ccccc1)NC(=O)O[C@H]1C3CO[C@H]4OCC1C4C3)S2(=O)=O. The average molecular weight is 644 g/mol. The Morgan fingerprint density at radius 1 is 1.04 bits per heavy atom. The van der Waals surface area contributed by atoms with Gasteiger partial charge in [0.25, 0.3) is 0 Å². The number of nitrogens with two attached hydrogens (primary N) is 1. The number of aliphatic hydroxyl groups excluding tert-OH is 1. The number of nitrogen functional groups attached to an aromatic ring is 1. The number of rotatable bonds is 7. The maximum absolute atomic E-state index is 14.2. The van der Waals surface area contributed by atoms with Gasteiger partial charge in [0.15, 0.2) is 6.29 Å². The van der Waals surface area contributed by atoms with Gasteiger partial charge in [-0.1, -0.05) is 49.6 Å². The number of alkyl carbamates (subject to hydrolysis) is 1. The van der Waals surface area contributed by atoms with Crippen LogP contribution in [0.15, 0.2) is 53.4 Å². The lowest BCUT2D eigenvalue weighted by atomic mass is 9.98. The van der Waals surface area contributed by atoms with E-state index < -0.39 is 28.3 Å². The maximum atomic E-state index is 14.2. The number of fused-ring (bicyclic) bond motifs is 2. The van der Waals surface area contributed by atoms with Gasteiger partial charge in [0.1, 0.15) is 6.10 Å². The summed E-state index contributed by atoms with van der Waals surface area (Å²) in [6.45, 7) is 1.68. The Balaban J connectivity index is 1.22. The summed E-state index contributed by atoms with van der Waals surface area (Å²) in [6, 6.07) is 13.4. The Hall–Kier alpha value is -2.74. The molecule has 2 aromatic carbocycles. The Bertz CT molecular complexity index is 1410. The zero-order chi connectivity index (χ0) is 31.4. The third-order valence-corrected chi connectivity index (χ3v) is 11.6. The van der Waals surface area contributed by atoms with Crippen LogP contribution in [0.2, 0.25) is 0 Å². The Morgan fingerprint density at radius 3 is 2.67 bits per heavy atom. The molecule has 2 bridgehead atoms. The highest BCUT2D eigenvalue weighted by atomic mass is 32.2. The average Bonchev–Trinajstić information content (AvgIpc) is 3.56. The van der Waals surface area contributed by atoms with E-state index in [1.165, 1.54) is 10.4 Å². The van der Waals surface area contributed by atoms with Crippen molar-refractivity contribution in [3.63, 3.8) is 0 Å². The summed E-state index contributed by atoms with van der Waals surface area (Å²) in [5.41, 5.74) is 7.85. The van der Waals surface area contributed by atoms with Crippen molar-refractivity contribution >= 4 is 21.8 Å². The molecule has 1 amide bonds. The van der Waals surface area contributed by atoms with Crippen molar-refractivity contribution in [1.82, 2.24) is 9.62 Å². The monoisotopic (exact) mass is 643 g/mol. The van der Waals surface area contributed by atoms with Crippen molar-refractivity contribution in [3.05, 3.63) is 59.7 Å². The molecule has 4 N–H and O–H groups in total. The number of nitrogens with one attached hydrogen (secondary N) is 1. The Morgan fingerprint density at radius 2 is 1.82 bits per heavy atom. The van der Waals surface area contributed by atoms with Crippen molar-refractivity contribution < 1.29 is 37.3 Å². The van der Waals surface area contributed by atoms with Gasteiger partial charge < -0.3 is 35.1 Å². The lowest BCUT2D eigenvalue weighted by molar-refractivity contribution is -0.169. The summed E-state index contributed by atoms with van der Waals surface area (Å²) in [6.07, 6.45) is 3.13. The molecule has 0 radical (unpaired) electrons. The van der Waals surface area contributed by atoms with Crippen molar-refractivity contribution in [2.45, 2.75) is 81.0 Å². The molecule has 2 saturated heterocycles. The second kappa shape index (κ2) is 14.4. The summed E-state index contributed by atoms with van der Waals surface area (Å²) >= 11 is 0. The zero-order valence-corrected chi connectivity index (χ0v) is 26.4. The predicted molar refractivity (Wildman–Crippen MR) is 166 cm³/mol. The maximum Gasteiger partial charge on any atom is 0.407 e. The number of β-amino-alcohol motifs (C(OH)–C–C–N with tert-alkyl or cyclic N) is 1. The number of hydrogen-bond donors (Lipinski definition) is 3. The quantitative estimate of drug-likeness (QED) is 0.386. The molecule has 0 spiro atoms. The van der Waals surface area contributed by atoms with Crippen molar-refractivity contribution in [2.75, 3.05) is 38.6 Å². The summed E-state index contributed by atoms with van der Waals surface area (Å²) in [7, 11) is -4.04. The van der Waals surface area contributed by atoms with E-state index in [1.54, 1.807) is 12.1 Å². The number of carbonyl (C=O) groups excluding carboxylic acids is 1. The Kier molecular flexibility index (Phi) is 10.3. The molecular weight excluding hydrogens is 598 g/mol. The van der Waals surface area contributed by atoms with Gasteiger partial charge in [0.2, 0.25) is 10.0 Å². The molecule has 6 rings (SSSR count). The molecular formula is C33H45N3O8S. The van der Waals surface area contributed by atoms with E-state index in [4.69, 9.17) is 24.7 Å². The van der Waals surface area contributed by atoms with Crippen molar-refractivity contribution in [1.29, 1.82) is 0 Å². The fourth-order valence-electron chi connectivity index (χ4n) is 7.26. The topological polar surface area (TPSA) is 150 Å². The second-order valence-electron chi connectivity index (χ2n) is 12.8. The summed E-state index contributed by atoms with van der Waals surface area (Å²) in [4.78, 5) is 13.5. The second-order valence-corrected chi connectivity index (χ2v) is 14.7. The first-order chi connectivity index (χ1) is 21.8. The fraction of sp³-hybridized carbons (Fsp3) is 0.606. The number of sulfonamides is 1. The molecule has 3 aliphatic heterocycles. The van der Waals surface area contributed by atoms with Gasteiger partial charge in [0, 0.05) is 43.1 Å². The number of hydrogen-bond acceptors (Lipinski definition) is 9. The van der Waals surface area contributed by atoms with Crippen molar-refractivity contribution in [2.24, 2.45) is 17.8 Å². The molecule has 2 aromatic rings. The van der Waals surface area contributed by atoms with Crippen LogP contribution in [0, 0.1) is 17.8 Å². The number of anilines is 1.